The average Bonchev–Trinajstić information content (AvgIpc) is 3.35. The summed E-state index contributed by atoms with van der Waals surface area (Å²) in [6, 6.07) is 9.79. The molecule has 0 atom stereocenters. The zero-order chi connectivity index (χ0) is 34.3. The number of nitrogens with two attached hydrogens (primary N) is 1. The molecule has 0 spiro atoms. The minimum absolute atomic E-state index is 0.00630. The number of anilines is 1. The number of aliphatic hydroxyl groups is 1. The van der Waals surface area contributed by atoms with Crippen molar-refractivity contribution in [1.29, 1.82) is 5.26 Å². The van der Waals surface area contributed by atoms with Crippen LogP contribution < -0.4 is 16.0 Å². The number of nitriles is 1. The minimum atomic E-state index is -1.11. The molecule has 0 radical (unpaired) electrons. The molecule has 4 aromatic rings. The first-order chi connectivity index (χ1) is 22.0. The molecule has 5 rings (SSSR count). The fourth-order valence-corrected chi connectivity index (χ4v) is 5.63. The third-order valence-corrected chi connectivity index (χ3v) is 7.71. The van der Waals surface area contributed by atoms with Gasteiger partial charge in [0.25, 0.3) is 0 Å². The van der Waals surface area contributed by atoms with Crippen LogP contribution in [0.25, 0.3) is 33.3 Å². The predicted octanol–water partition coefficient (Wildman–Crippen LogP) is 5.28. The maximum Gasteiger partial charge on any atom is 0.407 e. The van der Waals surface area contributed by atoms with E-state index in [0.29, 0.717) is 42.7 Å². The van der Waals surface area contributed by atoms with Crippen molar-refractivity contribution in [2.75, 3.05) is 18.0 Å². The van der Waals surface area contributed by atoms with E-state index in [2.05, 4.69) is 10.4 Å². The molecule has 3 heterocycles. The zero-order valence-corrected chi connectivity index (χ0v) is 26.9. The Morgan fingerprint density at radius 1 is 1.11 bits per heavy atom. The van der Waals surface area contributed by atoms with E-state index in [1.165, 1.54) is 41.2 Å². The Labute approximate surface area is 270 Å². The van der Waals surface area contributed by atoms with Crippen LogP contribution in [0.2, 0.25) is 0 Å². The number of piperidine rings is 1. The van der Waals surface area contributed by atoms with Gasteiger partial charge in [-0.3, -0.25) is 9.48 Å². The summed E-state index contributed by atoms with van der Waals surface area (Å²) in [6.07, 6.45) is 2.11. The number of hydrogen-bond donors (Lipinski definition) is 3. The molecule has 2 aromatic carbocycles. The first-order valence-corrected chi connectivity index (χ1v) is 15.2. The van der Waals surface area contributed by atoms with Gasteiger partial charge in [-0.1, -0.05) is 6.07 Å². The zero-order valence-electron chi connectivity index (χ0n) is 26.9. The molecule has 2 aromatic heterocycles. The highest BCUT2D eigenvalue weighted by molar-refractivity contribution is 6.05. The van der Waals surface area contributed by atoms with E-state index in [-0.39, 0.29) is 46.1 Å². The largest absolute Gasteiger partial charge is 0.444 e. The number of carbonyl (C=O) groups is 2. The summed E-state index contributed by atoms with van der Waals surface area (Å²) >= 11 is 0. The highest BCUT2D eigenvalue weighted by atomic mass is 19.1. The minimum Gasteiger partial charge on any atom is -0.444 e. The molecule has 0 aliphatic carbocycles. The normalized spacial score (nSPS) is 14.2. The van der Waals surface area contributed by atoms with Crippen LogP contribution in [-0.2, 0) is 11.3 Å². The smallest absolute Gasteiger partial charge is 0.407 e. The number of amides is 2. The molecule has 246 valence electrons. The number of pyridine rings is 1. The molecule has 1 aliphatic rings. The molecule has 4 N–H and O–H groups in total. The Hall–Kier alpha value is -5.09. The third kappa shape index (κ3) is 7.49. The maximum atomic E-state index is 16.1. The summed E-state index contributed by atoms with van der Waals surface area (Å²) in [7, 11) is 0. The summed E-state index contributed by atoms with van der Waals surface area (Å²) in [5, 5.41) is 27.3. The number of nitrogens with one attached hydrogen (secondary N) is 1. The number of aromatic nitrogens is 3. The number of primary amides is 1. The molecule has 11 nitrogen and oxygen atoms in total. The lowest BCUT2D eigenvalue weighted by Gasteiger charge is -2.34. The van der Waals surface area contributed by atoms with Gasteiger partial charge in [-0.25, -0.2) is 18.6 Å². The van der Waals surface area contributed by atoms with Crippen molar-refractivity contribution in [2.24, 2.45) is 5.73 Å². The SMILES string of the molecule is CC(C)(O)Cn1ncc2cc(-c3c(C(N)=O)cc(N4CCC(NC(=O)OC(C)(C)C)CC4)nc3-c3ccc(C#N)c(F)c3)c(F)cc21. The van der Waals surface area contributed by atoms with Gasteiger partial charge in [0, 0.05) is 47.3 Å². The number of rotatable bonds is 7. The second kappa shape index (κ2) is 12.6. The fourth-order valence-electron chi connectivity index (χ4n) is 5.63. The average molecular weight is 646 g/mol. The predicted molar refractivity (Wildman–Crippen MR) is 172 cm³/mol. The number of fused-ring (bicyclic) bond motifs is 1. The standard InChI is InChI=1S/C34H37F2N7O4/c1-33(2,3)47-32(45)40-22-8-10-42(11-9-22)28-14-24(31(38)44)29(30(41-28)19-6-7-20(16-37)25(35)13-19)23-12-21-17-39-43(18-34(4,5)46)27(21)15-26(23)36/h6-7,12-15,17,22,46H,8-11,18H2,1-5H3,(H2,38,44)(H,40,45). The van der Waals surface area contributed by atoms with Gasteiger partial charge in [0.2, 0.25) is 5.91 Å². The Kier molecular flexibility index (Phi) is 8.92. The van der Waals surface area contributed by atoms with Crippen LogP contribution in [0.5, 0.6) is 0 Å². The van der Waals surface area contributed by atoms with Gasteiger partial charge in [-0.2, -0.15) is 10.4 Å². The Morgan fingerprint density at radius 3 is 2.40 bits per heavy atom. The van der Waals surface area contributed by atoms with Crippen molar-refractivity contribution in [2.45, 2.75) is 71.2 Å². The van der Waals surface area contributed by atoms with Crippen molar-refractivity contribution in [3.8, 4) is 28.5 Å². The lowest BCUT2D eigenvalue weighted by molar-refractivity contribution is 0.0496. The third-order valence-electron chi connectivity index (χ3n) is 7.71. The molecule has 0 unspecified atom stereocenters. The van der Waals surface area contributed by atoms with E-state index in [4.69, 9.17) is 15.5 Å². The summed E-state index contributed by atoms with van der Waals surface area (Å²) in [6.45, 7) is 9.59. The van der Waals surface area contributed by atoms with Crippen molar-refractivity contribution in [3.63, 3.8) is 0 Å². The summed E-state index contributed by atoms with van der Waals surface area (Å²) in [5.74, 6) is -2.01. The van der Waals surface area contributed by atoms with Gasteiger partial charge < -0.3 is 25.8 Å². The highest BCUT2D eigenvalue weighted by Crippen LogP contribution is 2.39. The van der Waals surface area contributed by atoms with Crippen molar-refractivity contribution < 1.29 is 28.2 Å². The monoisotopic (exact) mass is 645 g/mol. The molecule has 1 aliphatic heterocycles. The lowest BCUT2D eigenvalue weighted by atomic mass is 9.92. The summed E-state index contributed by atoms with van der Waals surface area (Å²) in [4.78, 5) is 32.1. The van der Waals surface area contributed by atoms with Gasteiger partial charge in [0.1, 0.15) is 29.1 Å². The summed E-state index contributed by atoms with van der Waals surface area (Å²) in [5.41, 5.74) is 4.71. The molecule has 1 saturated heterocycles. The Morgan fingerprint density at radius 2 is 1.81 bits per heavy atom. The number of nitrogens with zero attached hydrogens (tertiary/aromatic N) is 5. The van der Waals surface area contributed by atoms with E-state index in [0.717, 1.165) is 6.07 Å². The molecular weight excluding hydrogens is 608 g/mol. The van der Waals surface area contributed by atoms with Crippen LogP contribution in [0.3, 0.4) is 0 Å². The van der Waals surface area contributed by atoms with E-state index >= 15 is 4.39 Å². The van der Waals surface area contributed by atoms with Crippen molar-refractivity contribution >= 4 is 28.7 Å². The lowest BCUT2D eigenvalue weighted by Crippen LogP contribution is -2.46. The number of hydrogen-bond acceptors (Lipinski definition) is 8. The van der Waals surface area contributed by atoms with Crippen LogP contribution in [-0.4, -0.2) is 62.2 Å². The van der Waals surface area contributed by atoms with Gasteiger partial charge in [-0.05, 0) is 71.7 Å². The topological polar surface area (TPSA) is 159 Å². The van der Waals surface area contributed by atoms with Gasteiger partial charge in [0.05, 0.1) is 40.7 Å². The van der Waals surface area contributed by atoms with Gasteiger partial charge >= 0.3 is 6.09 Å². The van der Waals surface area contributed by atoms with Crippen LogP contribution in [0, 0.1) is 23.0 Å². The molecular formula is C34H37F2N7O4. The highest BCUT2D eigenvalue weighted by Gasteiger charge is 2.28. The van der Waals surface area contributed by atoms with E-state index < -0.39 is 34.8 Å². The fraction of sp³-hybridized carbons (Fsp3) is 0.382. The van der Waals surface area contributed by atoms with E-state index in [1.807, 2.05) is 4.90 Å². The number of ether oxygens (including phenoxy) is 1. The van der Waals surface area contributed by atoms with Crippen molar-refractivity contribution in [3.05, 3.63) is 65.4 Å². The second-order valence-electron chi connectivity index (χ2n) is 13.3. The molecule has 1 fully saturated rings. The molecule has 13 heteroatoms. The number of carbonyl (C=O) groups excluding carboxylic acids is 2. The Bertz CT molecular complexity index is 1900. The van der Waals surface area contributed by atoms with Crippen LogP contribution in [0.4, 0.5) is 19.4 Å². The molecule has 0 bridgehead atoms. The van der Waals surface area contributed by atoms with Crippen LogP contribution >= 0.6 is 0 Å². The second-order valence-corrected chi connectivity index (χ2v) is 13.3. The maximum absolute atomic E-state index is 16.1. The first-order valence-electron chi connectivity index (χ1n) is 15.2. The molecule has 47 heavy (non-hydrogen) atoms. The van der Waals surface area contributed by atoms with Gasteiger partial charge in [0.15, 0.2) is 0 Å². The number of alkyl carbamates (subject to hydrolysis) is 1. The van der Waals surface area contributed by atoms with Crippen molar-refractivity contribution in [1.82, 2.24) is 20.1 Å². The van der Waals surface area contributed by atoms with Gasteiger partial charge in [-0.15, -0.1) is 0 Å². The molecule has 2 amide bonds. The Balaban J connectivity index is 1.60. The van der Waals surface area contributed by atoms with E-state index in [1.54, 1.807) is 40.7 Å². The summed E-state index contributed by atoms with van der Waals surface area (Å²) < 4.78 is 37.9. The first kappa shape index (κ1) is 33.3. The number of benzene rings is 2. The quantitative estimate of drug-likeness (QED) is 0.245. The van der Waals surface area contributed by atoms with Crippen LogP contribution in [0.15, 0.2) is 42.6 Å². The van der Waals surface area contributed by atoms with Crippen LogP contribution in [0.1, 0.15) is 63.4 Å². The van der Waals surface area contributed by atoms with E-state index in [9.17, 15) is 24.3 Å². The molecule has 0 saturated carbocycles. The number of halogens is 2.